The number of likely N-dealkylation sites (N-methyl/N-ethyl adjacent to an activating group) is 2. The molecular formula is C20H28N2O2. The van der Waals surface area contributed by atoms with Gasteiger partial charge in [-0.25, -0.2) is 0 Å². The van der Waals surface area contributed by atoms with Gasteiger partial charge < -0.3 is 19.3 Å². The fourth-order valence-electron chi connectivity index (χ4n) is 3.13. The lowest BCUT2D eigenvalue weighted by atomic mass is 9.91. The highest BCUT2D eigenvalue weighted by molar-refractivity contribution is 5.34. The fourth-order valence-corrected chi connectivity index (χ4v) is 3.13. The quantitative estimate of drug-likeness (QED) is 0.775. The average Bonchev–Trinajstić information content (AvgIpc) is 2.59. The summed E-state index contributed by atoms with van der Waals surface area (Å²) in [6, 6.07) is 17.1. The molecule has 4 heteroatoms. The molecule has 2 atom stereocenters. The number of hydrogen-bond donors (Lipinski definition) is 0. The Morgan fingerprint density at radius 3 is 1.08 bits per heavy atom. The average molecular weight is 328 g/mol. The molecule has 0 aromatic heterocycles. The van der Waals surface area contributed by atoms with Crippen LogP contribution in [0.2, 0.25) is 0 Å². The van der Waals surface area contributed by atoms with E-state index in [1.54, 1.807) is 14.2 Å². The van der Waals surface area contributed by atoms with Crippen LogP contribution in [0.25, 0.3) is 0 Å². The van der Waals surface area contributed by atoms with Crippen LogP contribution in [0.5, 0.6) is 11.5 Å². The predicted octanol–water partition coefficient (Wildman–Crippen LogP) is 3.61. The second-order valence-corrected chi connectivity index (χ2v) is 6.36. The van der Waals surface area contributed by atoms with E-state index in [2.05, 4.69) is 62.3 Å². The van der Waals surface area contributed by atoms with Gasteiger partial charge in [0, 0.05) is 0 Å². The van der Waals surface area contributed by atoms with Crippen LogP contribution in [0, 0.1) is 0 Å². The Morgan fingerprint density at radius 1 is 0.583 bits per heavy atom. The first kappa shape index (κ1) is 18.3. The van der Waals surface area contributed by atoms with Crippen molar-refractivity contribution in [1.29, 1.82) is 0 Å². The van der Waals surface area contributed by atoms with Crippen molar-refractivity contribution >= 4 is 0 Å². The monoisotopic (exact) mass is 328 g/mol. The van der Waals surface area contributed by atoms with E-state index in [4.69, 9.17) is 9.47 Å². The van der Waals surface area contributed by atoms with E-state index in [-0.39, 0.29) is 12.1 Å². The van der Waals surface area contributed by atoms with Gasteiger partial charge in [0.05, 0.1) is 26.3 Å². The normalized spacial score (nSPS) is 13.8. The van der Waals surface area contributed by atoms with Crippen LogP contribution in [0.4, 0.5) is 0 Å². The topological polar surface area (TPSA) is 24.9 Å². The molecule has 2 aromatic rings. The van der Waals surface area contributed by atoms with Gasteiger partial charge in [0.25, 0.3) is 0 Å². The molecule has 0 aliphatic heterocycles. The van der Waals surface area contributed by atoms with E-state index in [1.807, 2.05) is 24.3 Å². The van der Waals surface area contributed by atoms with Crippen LogP contribution >= 0.6 is 0 Å². The third-order valence-corrected chi connectivity index (χ3v) is 4.33. The number of hydrogen-bond acceptors (Lipinski definition) is 4. The summed E-state index contributed by atoms with van der Waals surface area (Å²) in [6.07, 6.45) is 0. The molecule has 0 radical (unpaired) electrons. The van der Waals surface area contributed by atoms with E-state index >= 15 is 0 Å². The van der Waals surface area contributed by atoms with Gasteiger partial charge in [0.1, 0.15) is 11.5 Å². The van der Waals surface area contributed by atoms with Crippen LogP contribution in [-0.4, -0.2) is 52.2 Å². The Kier molecular flexibility index (Phi) is 6.23. The lowest BCUT2D eigenvalue weighted by molar-refractivity contribution is 0.152. The molecule has 0 aliphatic rings. The Bertz CT molecular complexity index is 564. The van der Waals surface area contributed by atoms with Crippen LogP contribution in [0.15, 0.2) is 48.5 Å². The zero-order valence-corrected chi connectivity index (χ0v) is 15.5. The highest BCUT2D eigenvalue weighted by atomic mass is 16.5. The molecule has 0 saturated carbocycles. The van der Waals surface area contributed by atoms with Crippen molar-refractivity contribution in [3.63, 3.8) is 0 Å². The fraction of sp³-hybridized carbons (Fsp3) is 0.400. The third kappa shape index (κ3) is 4.08. The maximum atomic E-state index is 5.29. The largest absolute Gasteiger partial charge is 0.497 e. The van der Waals surface area contributed by atoms with Crippen molar-refractivity contribution in [2.45, 2.75) is 12.1 Å². The Morgan fingerprint density at radius 2 is 0.875 bits per heavy atom. The molecule has 4 nitrogen and oxygen atoms in total. The summed E-state index contributed by atoms with van der Waals surface area (Å²) in [4.78, 5) is 4.52. The first-order chi connectivity index (χ1) is 11.5. The van der Waals surface area contributed by atoms with Gasteiger partial charge in [-0.1, -0.05) is 24.3 Å². The van der Waals surface area contributed by atoms with Crippen molar-refractivity contribution < 1.29 is 9.47 Å². The number of methoxy groups -OCH3 is 2. The first-order valence-corrected chi connectivity index (χ1v) is 8.08. The standard InChI is InChI=1S/C20H28N2O2/c1-21(2)19(15-7-11-17(23-5)12-8-15)20(22(3)4)16-9-13-18(24-6)14-10-16/h7-14,19-20H,1-6H3. The summed E-state index contributed by atoms with van der Waals surface area (Å²) in [5.41, 5.74) is 2.52. The van der Waals surface area contributed by atoms with E-state index in [0.717, 1.165) is 11.5 Å². The summed E-state index contributed by atoms with van der Waals surface area (Å²) in [5, 5.41) is 0. The number of nitrogens with zero attached hydrogens (tertiary/aromatic N) is 2. The highest BCUT2D eigenvalue weighted by Crippen LogP contribution is 2.37. The number of benzene rings is 2. The van der Waals surface area contributed by atoms with E-state index in [0.29, 0.717) is 0 Å². The lowest BCUT2D eigenvalue weighted by Crippen LogP contribution is -2.34. The smallest absolute Gasteiger partial charge is 0.118 e. The van der Waals surface area contributed by atoms with E-state index in [9.17, 15) is 0 Å². The molecule has 0 saturated heterocycles. The zero-order valence-electron chi connectivity index (χ0n) is 15.5. The number of rotatable bonds is 7. The maximum absolute atomic E-state index is 5.29. The molecule has 0 amide bonds. The molecule has 2 aromatic carbocycles. The Labute approximate surface area is 145 Å². The summed E-state index contributed by atoms with van der Waals surface area (Å²) in [6.45, 7) is 0. The van der Waals surface area contributed by atoms with Crippen molar-refractivity contribution in [2.75, 3.05) is 42.4 Å². The molecule has 0 fully saturated rings. The van der Waals surface area contributed by atoms with Crippen molar-refractivity contribution in [3.8, 4) is 11.5 Å². The first-order valence-electron chi connectivity index (χ1n) is 8.08. The van der Waals surface area contributed by atoms with Gasteiger partial charge in [0.15, 0.2) is 0 Å². The molecule has 130 valence electrons. The van der Waals surface area contributed by atoms with Crippen LogP contribution < -0.4 is 9.47 Å². The summed E-state index contributed by atoms with van der Waals surface area (Å²) < 4.78 is 10.6. The molecule has 2 unspecified atom stereocenters. The molecule has 0 heterocycles. The van der Waals surface area contributed by atoms with E-state index < -0.39 is 0 Å². The van der Waals surface area contributed by atoms with Gasteiger partial charge in [-0.15, -0.1) is 0 Å². The molecule has 0 aliphatic carbocycles. The van der Waals surface area contributed by atoms with Crippen molar-refractivity contribution in [3.05, 3.63) is 59.7 Å². The molecule has 0 N–H and O–H groups in total. The Hall–Kier alpha value is -2.04. The number of ether oxygens (including phenoxy) is 2. The van der Waals surface area contributed by atoms with Crippen molar-refractivity contribution in [1.82, 2.24) is 9.80 Å². The third-order valence-electron chi connectivity index (χ3n) is 4.33. The van der Waals surface area contributed by atoms with Crippen LogP contribution in [-0.2, 0) is 0 Å². The summed E-state index contributed by atoms with van der Waals surface area (Å²) in [7, 11) is 11.9. The minimum Gasteiger partial charge on any atom is -0.497 e. The second-order valence-electron chi connectivity index (χ2n) is 6.36. The zero-order chi connectivity index (χ0) is 17.7. The van der Waals surface area contributed by atoms with Gasteiger partial charge in [-0.2, -0.15) is 0 Å². The van der Waals surface area contributed by atoms with Crippen molar-refractivity contribution in [2.24, 2.45) is 0 Å². The highest BCUT2D eigenvalue weighted by Gasteiger charge is 2.28. The van der Waals surface area contributed by atoms with Gasteiger partial charge >= 0.3 is 0 Å². The summed E-state index contributed by atoms with van der Waals surface area (Å²) >= 11 is 0. The Balaban J connectivity index is 2.42. The SMILES string of the molecule is COc1ccc(C(C(c2ccc(OC)cc2)N(C)C)N(C)C)cc1. The lowest BCUT2D eigenvalue weighted by Gasteiger charge is -2.37. The molecule has 24 heavy (non-hydrogen) atoms. The van der Waals surface area contributed by atoms with Crippen LogP contribution in [0.3, 0.4) is 0 Å². The molecule has 0 spiro atoms. The maximum Gasteiger partial charge on any atom is 0.118 e. The molecular weight excluding hydrogens is 300 g/mol. The van der Waals surface area contributed by atoms with Gasteiger partial charge in [-0.3, -0.25) is 0 Å². The van der Waals surface area contributed by atoms with E-state index in [1.165, 1.54) is 11.1 Å². The second kappa shape index (κ2) is 8.18. The summed E-state index contributed by atoms with van der Waals surface area (Å²) in [5.74, 6) is 1.75. The minimum absolute atomic E-state index is 0.222. The van der Waals surface area contributed by atoms with Gasteiger partial charge in [0.2, 0.25) is 0 Å². The molecule has 0 bridgehead atoms. The van der Waals surface area contributed by atoms with Gasteiger partial charge in [-0.05, 0) is 63.6 Å². The molecule has 2 rings (SSSR count). The predicted molar refractivity (Wildman–Crippen MR) is 98.8 cm³/mol. The van der Waals surface area contributed by atoms with Crippen LogP contribution in [0.1, 0.15) is 23.2 Å². The minimum atomic E-state index is 0.222.